The standard InChI is InChI=1S/C18H22FN3O5/c1-22-11-13(18(26)21-27-8-7-24)16(10-17(22)25)20-15-5-4-12(3-2-6-23)9-14(15)19/h4-5,9-11,20,23-24H,2-3,6-8H2,1H3,(H,21,26). The number of nitrogens with one attached hydrogen (secondary N) is 2. The van der Waals surface area contributed by atoms with Crippen LogP contribution in [0.3, 0.4) is 0 Å². The number of rotatable bonds is 9. The van der Waals surface area contributed by atoms with Crippen molar-refractivity contribution in [1.82, 2.24) is 10.0 Å². The predicted octanol–water partition coefficient (Wildman–Crippen LogP) is 0.847. The number of aliphatic hydroxyl groups excluding tert-OH is 2. The molecule has 0 aliphatic heterocycles. The molecule has 8 nitrogen and oxygen atoms in total. The summed E-state index contributed by atoms with van der Waals surface area (Å²) in [5.41, 5.74) is 2.77. The van der Waals surface area contributed by atoms with Crippen LogP contribution in [0.15, 0.2) is 35.3 Å². The molecule has 1 aromatic heterocycles. The van der Waals surface area contributed by atoms with Gasteiger partial charge >= 0.3 is 0 Å². The molecule has 0 radical (unpaired) electrons. The van der Waals surface area contributed by atoms with Crippen molar-refractivity contribution in [2.75, 3.05) is 25.1 Å². The highest BCUT2D eigenvalue weighted by atomic mass is 19.1. The van der Waals surface area contributed by atoms with Crippen molar-refractivity contribution in [3.05, 3.63) is 57.8 Å². The average molecular weight is 379 g/mol. The quantitative estimate of drug-likeness (QED) is 0.380. The molecule has 1 aromatic carbocycles. The summed E-state index contributed by atoms with van der Waals surface area (Å²) in [5.74, 6) is -1.20. The van der Waals surface area contributed by atoms with Crippen LogP contribution in [0.25, 0.3) is 0 Å². The van der Waals surface area contributed by atoms with Gasteiger partial charge in [-0.15, -0.1) is 0 Å². The first-order valence-corrected chi connectivity index (χ1v) is 8.36. The summed E-state index contributed by atoms with van der Waals surface area (Å²) >= 11 is 0. The number of benzene rings is 1. The monoisotopic (exact) mass is 379 g/mol. The minimum Gasteiger partial charge on any atom is -0.396 e. The van der Waals surface area contributed by atoms with Crippen LogP contribution < -0.4 is 16.4 Å². The molecular weight excluding hydrogens is 357 g/mol. The Balaban J connectivity index is 2.28. The molecule has 9 heteroatoms. The average Bonchev–Trinajstić information content (AvgIpc) is 2.64. The van der Waals surface area contributed by atoms with E-state index >= 15 is 0 Å². The molecule has 0 aliphatic rings. The fraction of sp³-hybridized carbons (Fsp3) is 0.333. The fourth-order valence-electron chi connectivity index (χ4n) is 2.38. The highest BCUT2D eigenvalue weighted by Crippen LogP contribution is 2.23. The van der Waals surface area contributed by atoms with Crippen LogP contribution in [0.4, 0.5) is 15.8 Å². The smallest absolute Gasteiger partial charge is 0.278 e. The van der Waals surface area contributed by atoms with Crippen LogP contribution in [0.1, 0.15) is 22.3 Å². The molecule has 0 spiro atoms. The third-order valence-electron chi connectivity index (χ3n) is 3.76. The third kappa shape index (κ3) is 5.61. The summed E-state index contributed by atoms with van der Waals surface area (Å²) in [6.45, 7) is -0.345. The Morgan fingerprint density at radius 2 is 2.00 bits per heavy atom. The first-order valence-electron chi connectivity index (χ1n) is 8.36. The number of hydroxylamine groups is 1. The van der Waals surface area contributed by atoms with Crippen molar-refractivity contribution in [3.63, 3.8) is 0 Å². The molecule has 4 N–H and O–H groups in total. The number of hydrogen-bond acceptors (Lipinski definition) is 6. The second-order valence-corrected chi connectivity index (χ2v) is 5.82. The minimum absolute atomic E-state index is 0.0196. The van der Waals surface area contributed by atoms with Gasteiger partial charge in [-0.1, -0.05) is 6.07 Å². The zero-order valence-electron chi connectivity index (χ0n) is 14.9. The van der Waals surface area contributed by atoms with E-state index in [1.807, 2.05) is 0 Å². The number of nitrogens with zero attached hydrogens (tertiary/aromatic N) is 1. The lowest BCUT2D eigenvalue weighted by Crippen LogP contribution is -2.28. The summed E-state index contributed by atoms with van der Waals surface area (Å²) in [5, 5.41) is 20.3. The normalized spacial score (nSPS) is 10.7. The van der Waals surface area contributed by atoms with Gasteiger partial charge < -0.3 is 20.1 Å². The van der Waals surface area contributed by atoms with Gasteiger partial charge in [0.1, 0.15) is 5.82 Å². The van der Waals surface area contributed by atoms with Crippen molar-refractivity contribution < 1.29 is 24.2 Å². The second kappa shape index (κ2) is 9.81. The van der Waals surface area contributed by atoms with Crippen molar-refractivity contribution in [2.45, 2.75) is 12.8 Å². The number of aromatic nitrogens is 1. The lowest BCUT2D eigenvalue weighted by molar-refractivity contribution is 0.0168. The lowest BCUT2D eigenvalue weighted by atomic mass is 10.1. The molecule has 0 aliphatic carbocycles. The molecule has 0 atom stereocenters. The number of hydrogen-bond donors (Lipinski definition) is 4. The molecule has 1 heterocycles. The van der Waals surface area contributed by atoms with Crippen LogP contribution in [-0.4, -0.2) is 40.5 Å². The highest BCUT2D eigenvalue weighted by Gasteiger charge is 2.15. The van der Waals surface area contributed by atoms with Crippen molar-refractivity contribution in [3.8, 4) is 0 Å². The molecule has 0 saturated heterocycles. The topological polar surface area (TPSA) is 113 Å². The third-order valence-corrected chi connectivity index (χ3v) is 3.76. The molecule has 0 unspecified atom stereocenters. The number of carbonyl (C=O) groups is 1. The zero-order valence-corrected chi connectivity index (χ0v) is 14.9. The Labute approximate surface area is 155 Å². The van der Waals surface area contributed by atoms with Gasteiger partial charge in [-0.25, -0.2) is 9.87 Å². The zero-order chi connectivity index (χ0) is 19.8. The molecule has 27 heavy (non-hydrogen) atoms. The molecule has 1 amide bonds. The van der Waals surface area contributed by atoms with Gasteiger partial charge in [0, 0.05) is 25.9 Å². The van der Waals surface area contributed by atoms with Gasteiger partial charge in [-0.2, -0.15) is 0 Å². The Bertz CT molecular complexity index is 853. The molecule has 0 bridgehead atoms. The highest BCUT2D eigenvalue weighted by molar-refractivity contribution is 5.99. The van der Waals surface area contributed by atoms with Gasteiger partial charge in [0.15, 0.2) is 0 Å². The van der Waals surface area contributed by atoms with E-state index in [-0.39, 0.29) is 42.3 Å². The molecule has 0 fully saturated rings. The van der Waals surface area contributed by atoms with Gasteiger partial charge in [0.25, 0.3) is 11.5 Å². The van der Waals surface area contributed by atoms with E-state index in [0.717, 1.165) is 5.56 Å². The molecule has 2 aromatic rings. The van der Waals surface area contributed by atoms with Crippen LogP contribution in [0.2, 0.25) is 0 Å². The van der Waals surface area contributed by atoms with Gasteiger partial charge in [0.2, 0.25) is 0 Å². The first kappa shape index (κ1) is 20.6. The predicted molar refractivity (Wildman–Crippen MR) is 97.3 cm³/mol. The Morgan fingerprint density at radius 1 is 1.22 bits per heavy atom. The van der Waals surface area contributed by atoms with E-state index in [4.69, 9.17) is 15.1 Å². The largest absolute Gasteiger partial charge is 0.396 e. The Morgan fingerprint density at radius 3 is 2.67 bits per heavy atom. The minimum atomic E-state index is -0.651. The van der Waals surface area contributed by atoms with E-state index in [1.165, 1.54) is 36.0 Å². The number of amides is 1. The number of halogens is 1. The van der Waals surface area contributed by atoms with Gasteiger partial charge in [-0.3, -0.25) is 14.4 Å². The lowest BCUT2D eigenvalue weighted by Gasteiger charge is -2.14. The van der Waals surface area contributed by atoms with Crippen molar-refractivity contribution in [2.24, 2.45) is 7.05 Å². The number of aliphatic hydroxyl groups is 2. The van der Waals surface area contributed by atoms with Gasteiger partial charge in [0.05, 0.1) is 30.2 Å². The number of pyridine rings is 1. The van der Waals surface area contributed by atoms with Crippen LogP contribution in [0.5, 0.6) is 0 Å². The van der Waals surface area contributed by atoms with Crippen molar-refractivity contribution in [1.29, 1.82) is 0 Å². The maximum absolute atomic E-state index is 14.4. The van der Waals surface area contributed by atoms with E-state index in [9.17, 15) is 14.0 Å². The van der Waals surface area contributed by atoms with E-state index in [1.54, 1.807) is 6.07 Å². The number of carbonyl (C=O) groups excluding carboxylic acids is 1. The van der Waals surface area contributed by atoms with Gasteiger partial charge in [-0.05, 0) is 30.5 Å². The van der Waals surface area contributed by atoms with Crippen molar-refractivity contribution >= 4 is 17.3 Å². The summed E-state index contributed by atoms with van der Waals surface area (Å²) in [7, 11) is 1.48. The SMILES string of the molecule is Cn1cc(C(=O)NOCCO)c(Nc2ccc(CCCO)cc2F)cc1=O. The molecular formula is C18H22FN3O5. The van der Waals surface area contributed by atoms with E-state index in [0.29, 0.717) is 12.8 Å². The van der Waals surface area contributed by atoms with E-state index < -0.39 is 11.7 Å². The fourth-order valence-corrected chi connectivity index (χ4v) is 2.38. The first-order chi connectivity index (χ1) is 13.0. The van der Waals surface area contributed by atoms with Crippen LogP contribution >= 0.6 is 0 Å². The number of anilines is 2. The summed E-state index contributed by atoms with van der Waals surface area (Å²) in [4.78, 5) is 29.0. The molecule has 2 rings (SSSR count). The Hall–Kier alpha value is -2.75. The second-order valence-electron chi connectivity index (χ2n) is 5.82. The molecule has 0 saturated carbocycles. The maximum atomic E-state index is 14.4. The molecule has 146 valence electrons. The van der Waals surface area contributed by atoms with E-state index in [2.05, 4.69) is 10.8 Å². The summed E-state index contributed by atoms with van der Waals surface area (Å²) < 4.78 is 15.6. The summed E-state index contributed by atoms with van der Waals surface area (Å²) in [6, 6.07) is 5.72. The summed E-state index contributed by atoms with van der Waals surface area (Å²) in [6.07, 6.45) is 2.37. The number of aryl methyl sites for hydroxylation is 2. The van der Waals surface area contributed by atoms with Crippen LogP contribution in [-0.2, 0) is 18.3 Å². The maximum Gasteiger partial charge on any atom is 0.278 e. The Kier molecular flexibility index (Phi) is 7.47. The van der Waals surface area contributed by atoms with Crippen LogP contribution in [0, 0.1) is 5.82 Å².